The van der Waals surface area contributed by atoms with Gasteiger partial charge in [-0.1, -0.05) is 0 Å². The molecule has 0 aliphatic carbocycles. The molecule has 0 spiro atoms. The molecule has 2 rings (SSSR count). The van der Waals surface area contributed by atoms with Crippen molar-refractivity contribution >= 4 is 11.3 Å². The molecule has 3 nitrogen and oxygen atoms in total. The number of aromatic nitrogens is 2. The average Bonchev–Trinajstić information content (AvgIpc) is 2.74. The molecule has 1 N–H and O–H groups in total. The van der Waals surface area contributed by atoms with Gasteiger partial charge in [0.1, 0.15) is 5.60 Å². The summed E-state index contributed by atoms with van der Waals surface area (Å²) in [7, 11) is 1.92. The summed E-state index contributed by atoms with van der Waals surface area (Å²) in [4.78, 5) is 1.04. The zero-order chi connectivity index (χ0) is 12.6. The van der Waals surface area contributed by atoms with Crippen LogP contribution in [0, 0.1) is 13.8 Å². The second-order valence-electron chi connectivity index (χ2n) is 4.78. The van der Waals surface area contributed by atoms with Crippen LogP contribution in [0.5, 0.6) is 0 Å². The minimum atomic E-state index is -0.821. The van der Waals surface area contributed by atoms with Crippen molar-refractivity contribution < 1.29 is 5.11 Å². The number of nitrogens with zero attached hydrogens (tertiary/aromatic N) is 2. The van der Waals surface area contributed by atoms with Gasteiger partial charge >= 0.3 is 0 Å². The van der Waals surface area contributed by atoms with E-state index in [1.807, 2.05) is 50.0 Å². The smallest absolute Gasteiger partial charge is 0.102 e. The summed E-state index contributed by atoms with van der Waals surface area (Å²) in [5, 5.41) is 16.9. The normalized spacial score (nSPS) is 14.9. The number of hydrogen-bond donors (Lipinski definition) is 1. The van der Waals surface area contributed by atoms with Crippen LogP contribution in [0.1, 0.15) is 28.8 Å². The second kappa shape index (κ2) is 4.27. The Balaban J connectivity index is 2.29. The minimum Gasteiger partial charge on any atom is -0.384 e. The van der Waals surface area contributed by atoms with Crippen LogP contribution in [0.3, 0.4) is 0 Å². The summed E-state index contributed by atoms with van der Waals surface area (Å²) in [6, 6.07) is 4.07. The van der Waals surface area contributed by atoms with E-state index in [1.54, 1.807) is 11.3 Å². The van der Waals surface area contributed by atoms with E-state index >= 15 is 0 Å². The van der Waals surface area contributed by atoms with Gasteiger partial charge in [-0.2, -0.15) is 5.10 Å². The molecule has 0 aromatic carbocycles. The highest BCUT2D eigenvalue weighted by Crippen LogP contribution is 2.32. The summed E-state index contributed by atoms with van der Waals surface area (Å²) in [6.45, 7) is 5.87. The molecular formula is C13H18N2OS. The van der Waals surface area contributed by atoms with E-state index < -0.39 is 5.60 Å². The molecule has 2 aromatic rings. The number of hydrogen-bond acceptors (Lipinski definition) is 3. The van der Waals surface area contributed by atoms with Crippen LogP contribution in [0.15, 0.2) is 17.5 Å². The molecule has 4 heteroatoms. The maximum Gasteiger partial charge on any atom is 0.102 e. The monoisotopic (exact) mass is 250 g/mol. The van der Waals surface area contributed by atoms with E-state index in [2.05, 4.69) is 5.10 Å². The molecule has 1 unspecified atom stereocenters. The largest absolute Gasteiger partial charge is 0.384 e. The van der Waals surface area contributed by atoms with Gasteiger partial charge in [-0.15, -0.1) is 11.3 Å². The summed E-state index contributed by atoms with van der Waals surface area (Å²) < 4.78 is 1.84. The van der Waals surface area contributed by atoms with Crippen LogP contribution < -0.4 is 0 Å². The first-order valence-corrected chi connectivity index (χ1v) is 6.54. The standard InChI is InChI=1S/C13H18N2OS/c1-9-5-6-17-12(9)13(3,16)8-11-7-10(2)14-15(11)4/h5-7,16H,8H2,1-4H3. The van der Waals surface area contributed by atoms with E-state index in [-0.39, 0.29) is 0 Å². The third kappa shape index (κ3) is 2.42. The summed E-state index contributed by atoms with van der Waals surface area (Å²) >= 11 is 1.61. The maximum absolute atomic E-state index is 10.6. The second-order valence-corrected chi connectivity index (χ2v) is 5.70. The molecule has 92 valence electrons. The molecule has 0 saturated heterocycles. The Morgan fingerprint density at radius 3 is 2.65 bits per heavy atom. The number of aliphatic hydroxyl groups is 1. The van der Waals surface area contributed by atoms with Crippen LogP contribution in [-0.4, -0.2) is 14.9 Å². The van der Waals surface area contributed by atoms with Gasteiger partial charge in [-0.3, -0.25) is 4.68 Å². The molecule has 1 atom stereocenters. The third-order valence-electron chi connectivity index (χ3n) is 2.98. The molecule has 2 heterocycles. The predicted molar refractivity (Wildman–Crippen MR) is 70.3 cm³/mol. The van der Waals surface area contributed by atoms with Crippen LogP contribution >= 0.6 is 11.3 Å². The Hall–Kier alpha value is -1.13. The first kappa shape index (κ1) is 12.3. The Bertz CT molecular complexity index is 525. The maximum atomic E-state index is 10.6. The molecule has 0 bridgehead atoms. The van der Waals surface area contributed by atoms with Crippen molar-refractivity contribution in [3.63, 3.8) is 0 Å². The lowest BCUT2D eigenvalue weighted by molar-refractivity contribution is 0.0589. The van der Waals surface area contributed by atoms with Crippen LogP contribution in [0.25, 0.3) is 0 Å². The zero-order valence-electron chi connectivity index (χ0n) is 10.7. The molecule has 0 radical (unpaired) electrons. The van der Waals surface area contributed by atoms with Crippen molar-refractivity contribution in [2.24, 2.45) is 7.05 Å². The average molecular weight is 250 g/mol. The highest BCUT2D eigenvalue weighted by atomic mass is 32.1. The molecular weight excluding hydrogens is 232 g/mol. The van der Waals surface area contributed by atoms with Gasteiger partial charge in [0.15, 0.2) is 0 Å². The number of rotatable bonds is 3. The van der Waals surface area contributed by atoms with Gasteiger partial charge in [0, 0.05) is 24.0 Å². The van der Waals surface area contributed by atoms with E-state index in [0.717, 1.165) is 21.8 Å². The lowest BCUT2D eigenvalue weighted by Crippen LogP contribution is -2.25. The SMILES string of the molecule is Cc1cc(CC(C)(O)c2sccc2C)n(C)n1. The van der Waals surface area contributed by atoms with Gasteiger partial charge in [0.05, 0.1) is 5.69 Å². The molecule has 0 aliphatic heterocycles. The molecule has 0 aliphatic rings. The number of aryl methyl sites for hydroxylation is 3. The van der Waals surface area contributed by atoms with Crippen molar-refractivity contribution in [3.8, 4) is 0 Å². The molecule has 17 heavy (non-hydrogen) atoms. The van der Waals surface area contributed by atoms with E-state index in [9.17, 15) is 5.11 Å². The van der Waals surface area contributed by atoms with Crippen molar-refractivity contribution in [2.75, 3.05) is 0 Å². The van der Waals surface area contributed by atoms with Gasteiger partial charge in [0.25, 0.3) is 0 Å². The van der Waals surface area contributed by atoms with Gasteiger partial charge < -0.3 is 5.11 Å². The van der Waals surface area contributed by atoms with Gasteiger partial charge in [-0.25, -0.2) is 0 Å². The number of thiophene rings is 1. The van der Waals surface area contributed by atoms with Gasteiger partial charge in [-0.05, 0) is 43.8 Å². The van der Waals surface area contributed by atoms with Crippen LogP contribution in [0.4, 0.5) is 0 Å². The molecule has 2 aromatic heterocycles. The van der Waals surface area contributed by atoms with Crippen molar-refractivity contribution in [3.05, 3.63) is 39.3 Å². The summed E-state index contributed by atoms with van der Waals surface area (Å²) in [5.41, 5.74) is 2.37. The van der Waals surface area contributed by atoms with E-state index in [1.165, 1.54) is 0 Å². The van der Waals surface area contributed by atoms with E-state index in [4.69, 9.17) is 0 Å². The Morgan fingerprint density at radius 2 is 2.18 bits per heavy atom. The fourth-order valence-electron chi connectivity index (χ4n) is 2.19. The minimum absolute atomic E-state index is 0.589. The van der Waals surface area contributed by atoms with Crippen molar-refractivity contribution in [1.29, 1.82) is 0 Å². The van der Waals surface area contributed by atoms with Crippen molar-refractivity contribution in [2.45, 2.75) is 32.8 Å². The molecule has 0 amide bonds. The highest BCUT2D eigenvalue weighted by molar-refractivity contribution is 7.10. The fourth-order valence-corrected chi connectivity index (χ4v) is 3.18. The fraction of sp³-hybridized carbons (Fsp3) is 0.462. The Morgan fingerprint density at radius 1 is 1.47 bits per heavy atom. The van der Waals surface area contributed by atoms with Crippen LogP contribution in [0.2, 0.25) is 0 Å². The topological polar surface area (TPSA) is 38.0 Å². The first-order valence-electron chi connectivity index (χ1n) is 5.66. The quantitative estimate of drug-likeness (QED) is 0.909. The van der Waals surface area contributed by atoms with E-state index in [0.29, 0.717) is 6.42 Å². The summed E-state index contributed by atoms with van der Waals surface area (Å²) in [5.74, 6) is 0. The first-order chi connectivity index (χ1) is 7.90. The highest BCUT2D eigenvalue weighted by Gasteiger charge is 2.28. The van der Waals surface area contributed by atoms with Crippen LogP contribution in [-0.2, 0) is 19.1 Å². The Kier molecular flexibility index (Phi) is 3.10. The lowest BCUT2D eigenvalue weighted by Gasteiger charge is -2.23. The Labute approximate surface area is 106 Å². The molecule has 0 saturated carbocycles. The zero-order valence-corrected chi connectivity index (χ0v) is 11.5. The predicted octanol–water partition coefficient (Wildman–Crippen LogP) is 2.55. The lowest BCUT2D eigenvalue weighted by atomic mass is 9.95. The molecule has 0 fully saturated rings. The summed E-state index contributed by atoms with van der Waals surface area (Å²) in [6.07, 6.45) is 0.589. The third-order valence-corrected chi connectivity index (χ3v) is 4.25. The van der Waals surface area contributed by atoms with Crippen molar-refractivity contribution in [1.82, 2.24) is 9.78 Å². The van der Waals surface area contributed by atoms with Gasteiger partial charge in [0.2, 0.25) is 0 Å².